The second kappa shape index (κ2) is 11.9. The van der Waals surface area contributed by atoms with Gasteiger partial charge in [-0.15, -0.1) is 11.3 Å². The Kier molecular flexibility index (Phi) is 7.98. The van der Waals surface area contributed by atoms with Crippen LogP contribution in [0.3, 0.4) is 0 Å². The number of amidine groups is 1. The fourth-order valence-electron chi connectivity index (χ4n) is 5.74. The van der Waals surface area contributed by atoms with Gasteiger partial charge in [0.05, 0.1) is 17.9 Å². The van der Waals surface area contributed by atoms with Crippen LogP contribution in [0.5, 0.6) is 0 Å². The van der Waals surface area contributed by atoms with Crippen molar-refractivity contribution >= 4 is 44.6 Å². The number of fused-ring (bicyclic) bond motifs is 1. The van der Waals surface area contributed by atoms with Gasteiger partial charge in [0.25, 0.3) is 10.2 Å². The number of aromatic nitrogens is 4. The molecule has 3 aliphatic rings. The Morgan fingerprint density at radius 3 is 2.64 bits per heavy atom. The number of alkyl halides is 2. The molecule has 1 saturated heterocycles. The fourth-order valence-corrected chi connectivity index (χ4v) is 8.27. The second-order valence-electron chi connectivity index (χ2n) is 10.9. The molecule has 0 amide bonds. The van der Waals surface area contributed by atoms with E-state index in [0.29, 0.717) is 38.1 Å². The summed E-state index contributed by atoms with van der Waals surface area (Å²) in [6.07, 6.45) is 6.15. The van der Waals surface area contributed by atoms with E-state index in [1.165, 1.54) is 46.1 Å². The smallest absolute Gasteiger partial charge is 0.326 e. The first-order valence-corrected chi connectivity index (χ1v) is 16.8. The van der Waals surface area contributed by atoms with Gasteiger partial charge in [0.2, 0.25) is 0 Å². The van der Waals surface area contributed by atoms with Crippen molar-refractivity contribution in [2.75, 3.05) is 6.54 Å². The molecule has 234 valence electrons. The third-order valence-electron chi connectivity index (χ3n) is 7.85. The fraction of sp³-hybridized carbons (Fsp3) is 0.310. The predicted octanol–water partition coefficient (Wildman–Crippen LogP) is 5.41. The van der Waals surface area contributed by atoms with E-state index < -0.39 is 34.7 Å². The van der Waals surface area contributed by atoms with Crippen LogP contribution < -0.4 is 4.72 Å². The standard InChI is InChI=1S/C29H26ClF3N8O2S2/c30-22-13-17(31)4-7-21(22)26-25(23-8-11-40(37-23)29(32)33)24-14-19(15-39(24)27(36-26)28-35-10-12-44-28)38-45(42,43)41(20-5-6-20)16-18-3-1-2-9-34-18/h1-4,7-13,19-20,26,29,38H,5-6,14-16H2/t19-,26-/m0/s1. The number of aliphatic imine (C=N–C) groups is 1. The molecule has 1 N–H and O–H groups in total. The SMILES string of the molecule is O=S(=O)(N[C@H]1CC2=C(c3ccn(C(F)F)n3)[C@H](c3ccc(F)cc3Cl)N=C(c3nccs3)N2C1)N(Cc1ccccn1)C1CC1. The molecule has 0 bridgehead atoms. The van der Waals surface area contributed by atoms with E-state index in [1.54, 1.807) is 29.9 Å². The van der Waals surface area contributed by atoms with Crippen LogP contribution in [0.1, 0.15) is 53.8 Å². The van der Waals surface area contributed by atoms with E-state index in [9.17, 15) is 21.6 Å². The summed E-state index contributed by atoms with van der Waals surface area (Å²) < 4.78 is 73.9. The third kappa shape index (κ3) is 6.02. The first-order valence-electron chi connectivity index (χ1n) is 14.1. The van der Waals surface area contributed by atoms with E-state index in [1.807, 2.05) is 11.0 Å². The lowest BCUT2D eigenvalue weighted by Gasteiger charge is -2.32. The lowest BCUT2D eigenvalue weighted by atomic mass is 9.92. The van der Waals surface area contributed by atoms with Gasteiger partial charge in [-0.05, 0) is 43.2 Å². The van der Waals surface area contributed by atoms with Crippen molar-refractivity contribution in [1.82, 2.24) is 33.7 Å². The van der Waals surface area contributed by atoms with Crippen LogP contribution in [0.15, 0.2) is 77.1 Å². The van der Waals surface area contributed by atoms with Crippen molar-refractivity contribution in [2.24, 2.45) is 4.99 Å². The molecule has 1 aromatic carbocycles. The van der Waals surface area contributed by atoms with Crippen molar-refractivity contribution in [3.63, 3.8) is 0 Å². The van der Waals surface area contributed by atoms with Crippen LogP contribution in [-0.4, -0.2) is 61.8 Å². The predicted molar refractivity (Wildman–Crippen MR) is 163 cm³/mol. The molecule has 7 rings (SSSR count). The van der Waals surface area contributed by atoms with Gasteiger partial charge >= 0.3 is 6.55 Å². The van der Waals surface area contributed by atoms with Crippen molar-refractivity contribution in [3.05, 3.63) is 105 Å². The number of benzene rings is 1. The zero-order chi connectivity index (χ0) is 31.3. The minimum Gasteiger partial charge on any atom is -0.326 e. The quantitative estimate of drug-likeness (QED) is 0.241. The summed E-state index contributed by atoms with van der Waals surface area (Å²) in [5, 5.41) is 6.61. The lowest BCUT2D eigenvalue weighted by molar-refractivity contribution is 0.0564. The third-order valence-corrected chi connectivity index (χ3v) is 10.6. The topological polar surface area (TPSA) is 109 Å². The van der Waals surface area contributed by atoms with E-state index in [2.05, 4.69) is 19.8 Å². The molecule has 2 fully saturated rings. The summed E-state index contributed by atoms with van der Waals surface area (Å²) in [7, 11) is -3.96. The first kappa shape index (κ1) is 30.0. The molecule has 5 heterocycles. The average Bonchev–Trinajstić information content (AvgIpc) is 3.36. The van der Waals surface area contributed by atoms with Gasteiger partial charge in [-0.25, -0.2) is 14.1 Å². The summed E-state index contributed by atoms with van der Waals surface area (Å²) in [5.41, 5.74) is 2.41. The number of thiazole rings is 1. The van der Waals surface area contributed by atoms with Gasteiger partial charge in [0.1, 0.15) is 11.9 Å². The molecular weight excluding hydrogens is 649 g/mol. The molecule has 2 atom stereocenters. The summed E-state index contributed by atoms with van der Waals surface area (Å²) >= 11 is 7.88. The molecule has 0 unspecified atom stereocenters. The van der Waals surface area contributed by atoms with Crippen LogP contribution in [0.25, 0.3) is 5.57 Å². The van der Waals surface area contributed by atoms with Crippen LogP contribution in [-0.2, 0) is 16.8 Å². The molecular formula is C29H26ClF3N8O2S2. The monoisotopic (exact) mass is 674 g/mol. The molecule has 4 aromatic rings. The Bertz CT molecular complexity index is 1880. The van der Waals surface area contributed by atoms with Gasteiger partial charge in [-0.1, -0.05) is 23.7 Å². The molecule has 45 heavy (non-hydrogen) atoms. The van der Waals surface area contributed by atoms with Gasteiger partial charge < -0.3 is 4.90 Å². The maximum Gasteiger partial charge on any atom is 0.333 e. The van der Waals surface area contributed by atoms with Crippen LogP contribution in [0, 0.1) is 5.82 Å². The second-order valence-corrected chi connectivity index (χ2v) is 13.9. The molecule has 1 aliphatic carbocycles. The van der Waals surface area contributed by atoms with E-state index in [4.69, 9.17) is 16.6 Å². The Labute approximate surface area is 266 Å². The van der Waals surface area contributed by atoms with Crippen molar-refractivity contribution in [1.29, 1.82) is 0 Å². The van der Waals surface area contributed by atoms with E-state index in [-0.39, 0.29) is 36.3 Å². The zero-order valence-corrected chi connectivity index (χ0v) is 25.9. The highest BCUT2D eigenvalue weighted by atomic mass is 35.5. The molecule has 3 aromatic heterocycles. The van der Waals surface area contributed by atoms with Crippen LogP contribution in [0.4, 0.5) is 13.2 Å². The van der Waals surface area contributed by atoms with E-state index >= 15 is 0 Å². The molecule has 2 aliphatic heterocycles. The summed E-state index contributed by atoms with van der Waals surface area (Å²) in [6, 6.07) is 9.18. The normalized spacial score (nSPS) is 20.3. The van der Waals surface area contributed by atoms with Crippen LogP contribution in [0.2, 0.25) is 5.02 Å². The molecule has 16 heteroatoms. The minimum absolute atomic E-state index is 0.104. The number of hydrogen-bond acceptors (Lipinski definition) is 8. The number of halogens is 4. The van der Waals surface area contributed by atoms with Crippen molar-refractivity contribution in [3.8, 4) is 0 Å². The Morgan fingerprint density at radius 2 is 1.98 bits per heavy atom. The average molecular weight is 675 g/mol. The summed E-state index contributed by atoms with van der Waals surface area (Å²) in [6.45, 7) is -2.53. The number of hydrogen-bond donors (Lipinski definition) is 1. The number of rotatable bonds is 10. The molecule has 10 nitrogen and oxygen atoms in total. The minimum atomic E-state index is -3.96. The highest BCUT2D eigenvalue weighted by Gasteiger charge is 2.44. The van der Waals surface area contributed by atoms with Gasteiger partial charge in [-0.3, -0.25) is 9.98 Å². The molecule has 0 spiro atoms. The van der Waals surface area contributed by atoms with E-state index in [0.717, 1.165) is 12.8 Å². The maximum atomic E-state index is 14.1. The number of nitrogens with one attached hydrogen (secondary N) is 1. The van der Waals surface area contributed by atoms with Gasteiger partial charge in [0.15, 0.2) is 10.8 Å². The van der Waals surface area contributed by atoms with Crippen molar-refractivity contribution < 1.29 is 21.6 Å². The van der Waals surface area contributed by atoms with Crippen LogP contribution >= 0.6 is 22.9 Å². The summed E-state index contributed by atoms with van der Waals surface area (Å²) in [5.74, 6) is -0.0700. The maximum absolute atomic E-state index is 14.1. The van der Waals surface area contributed by atoms with Gasteiger partial charge in [0, 0.05) is 70.9 Å². The highest BCUT2D eigenvalue weighted by molar-refractivity contribution is 7.87. The molecule has 1 saturated carbocycles. The number of pyridine rings is 1. The Balaban J connectivity index is 1.30. The highest BCUT2D eigenvalue weighted by Crippen LogP contribution is 2.46. The Hall–Kier alpha value is -3.63. The molecule has 0 radical (unpaired) electrons. The summed E-state index contributed by atoms with van der Waals surface area (Å²) in [4.78, 5) is 15.6. The van der Waals surface area contributed by atoms with Gasteiger partial charge in [-0.2, -0.15) is 31.3 Å². The lowest BCUT2D eigenvalue weighted by Crippen LogP contribution is -2.47. The van der Waals surface area contributed by atoms with Crippen molar-refractivity contribution in [2.45, 2.75) is 50.5 Å². The first-order chi connectivity index (χ1) is 21.7. The Morgan fingerprint density at radius 1 is 1.13 bits per heavy atom. The largest absolute Gasteiger partial charge is 0.333 e. The zero-order valence-electron chi connectivity index (χ0n) is 23.5. The number of nitrogens with zero attached hydrogens (tertiary/aromatic N) is 7.